The molecule has 2 aromatic rings. The summed E-state index contributed by atoms with van der Waals surface area (Å²) < 4.78 is 13.6. The zero-order chi connectivity index (χ0) is 15.8. The van der Waals surface area contributed by atoms with E-state index in [9.17, 15) is 9.18 Å². The van der Waals surface area contributed by atoms with Crippen LogP contribution < -0.4 is 16.4 Å². The third-order valence-corrected chi connectivity index (χ3v) is 2.89. The van der Waals surface area contributed by atoms with Gasteiger partial charge in [-0.3, -0.25) is 0 Å². The standard InChI is InChI=1S/C17H16FN3O/c18-16-9-8-15(11-14(16)12-21-17(19)22)20-10-4-7-13-5-2-1-3-6-13/h1-3,5-6,8-9,11,20H,10,12H2,(H3,19,21,22). The molecule has 0 saturated heterocycles. The van der Waals surface area contributed by atoms with Gasteiger partial charge in [-0.15, -0.1) is 0 Å². The number of halogens is 1. The number of anilines is 1. The van der Waals surface area contributed by atoms with Gasteiger partial charge in [-0.2, -0.15) is 0 Å². The quantitative estimate of drug-likeness (QED) is 0.759. The molecule has 4 nitrogen and oxygen atoms in total. The second-order valence-corrected chi connectivity index (χ2v) is 4.55. The smallest absolute Gasteiger partial charge is 0.312 e. The number of primary amides is 1. The zero-order valence-corrected chi connectivity index (χ0v) is 11.9. The normalized spacial score (nSPS) is 9.50. The molecule has 5 heteroatoms. The summed E-state index contributed by atoms with van der Waals surface area (Å²) in [5.41, 5.74) is 7.00. The van der Waals surface area contributed by atoms with Crippen molar-refractivity contribution in [2.24, 2.45) is 5.73 Å². The lowest BCUT2D eigenvalue weighted by molar-refractivity contribution is 0.248. The monoisotopic (exact) mass is 297 g/mol. The molecular formula is C17H16FN3O. The van der Waals surface area contributed by atoms with Crippen LogP contribution in [0.3, 0.4) is 0 Å². The van der Waals surface area contributed by atoms with Gasteiger partial charge in [-0.1, -0.05) is 30.0 Å². The van der Waals surface area contributed by atoms with Crippen molar-refractivity contribution in [1.29, 1.82) is 0 Å². The van der Waals surface area contributed by atoms with Gasteiger partial charge in [0.1, 0.15) is 5.82 Å². The van der Waals surface area contributed by atoms with E-state index in [4.69, 9.17) is 5.73 Å². The molecule has 0 aliphatic carbocycles. The van der Waals surface area contributed by atoms with Gasteiger partial charge in [0, 0.05) is 23.4 Å². The van der Waals surface area contributed by atoms with Crippen LogP contribution >= 0.6 is 0 Å². The first-order chi connectivity index (χ1) is 10.6. The highest BCUT2D eigenvalue weighted by Gasteiger charge is 2.04. The lowest BCUT2D eigenvalue weighted by atomic mass is 10.2. The Labute approximate surface area is 128 Å². The molecular weight excluding hydrogens is 281 g/mol. The molecule has 22 heavy (non-hydrogen) atoms. The summed E-state index contributed by atoms with van der Waals surface area (Å²) in [6.07, 6.45) is 0. The van der Waals surface area contributed by atoms with Gasteiger partial charge >= 0.3 is 6.03 Å². The Bertz CT molecular complexity index is 705. The molecule has 0 aliphatic heterocycles. The summed E-state index contributed by atoms with van der Waals surface area (Å²) in [6, 6.07) is 13.5. The van der Waals surface area contributed by atoms with E-state index < -0.39 is 11.8 Å². The van der Waals surface area contributed by atoms with Gasteiger partial charge in [0.2, 0.25) is 0 Å². The second-order valence-electron chi connectivity index (χ2n) is 4.55. The van der Waals surface area contributed by atoms with E-state index in [0.717, 1.165) is 11.3 Å². The van der Waals surface area contributed by atoms with Crippen molar-refractivity contribution in [3.05, 3.63) is 65.5 Å². The number of rotatable bonds is 4. The highest BCUT2D eigenvalue weighted by molar-refractivity contribution is 5.71. The van der Waals surface area contributed by atoms with Crippen molar-refractivity contribution in [2.45, 2.75) is 6.54 Å². The third kappa shape index (κ3) is 4.84. The van der Waals surface area contributed by atoms with E-state index in [0.29, 0.717) is 12.1 Å². The lowest BCUT2D eigenvalue weighted by Crippen LogP contribution is -2.29. The Morgan fingerprint density at radius 1 is 1.18 bits per heavy atom. The highest BCUT2D eigenvalue weighted by Crippen LogP contribution is 2.14. The SMILES string of the molecule is NC(=O)NCc1cc(NCC#Cc2ccccc2)ccc1F. The first-order valence-electron chi connectivity index (χ1n) is 6.74. The average Bonchev–Trinajstić information content (AvgIpc) is 2.52. The number of nitrogens with two attached hydrogens (primary N) is 1. The van der Waals surface area contributed by atoms with E-state index in [2.05, 4.69) is 22.5 Å². The number of hydrogen-bond donors (Lipinski definition) is 3. The minimum Gasteiger partial charge on any atom is -0.374 e. The number of urea groups is 1. The van der Waals surface area contributed by atoms with Gasteiger partial charge < -0.3 is 16.4 Å². The van der Waals surface area contributed by atoms with Crippen LogP contribution in [0.5, 0.6) is 0 Å². The Morgan fingerprint density at radius 3 is 2.68 bits per heavy atom. The fraction of sp³-hybridized carbons (Fsp3) is 0.118. The fourth-order valence-electron chi connectivity index (χ4n) is 1.82. The van der Waals surface area contributed by atoms with E-state index in [1.807, 2.05) is 30.3 Å². The maximum atomic E-state index is 13.6. The minimum absolute atomic E-state index is 0.0480. The van der Waals surface area contributed by atoms with E-state index in [1.54, 1.807) is 12.1 Å². The fourth-order valence-corrected chi connectivity index (χ4v) is 1.82. The van der Waals surface area contributed by atoms with Crippen molar-refractivity contribution >= 4 is 11.7 Å². The highest BCUT2D eigenvalue weighted by atomic mass is 19.1. The molecule has 112 valence electrons. The lowest BCUT2D eigenvalue weighted by Gasteiger charge is -2.07. The summed E-state index contributed by atoms with van der Waals surface area (Å²) in [5, 5.41) is 5.45. The van der Waals surface area contributed by atoms with Crippen LogP contribution in [-0.4, -0.2) is 12.6 Å². The van der Waals surface area contributed by atoms with Gasteiger partial charge in [0.25, 0.3) is 0 Å². The number of carbonyl (C=O) groups excluding carboxylic acids is 1. The second kappa shape index (κ2) is 7.70. The van der Waals surface area contributed by atoms with Crippen molar-refractivity contribution in [3.8, 4) is 11.8 Å². The van der Waals surface area contributed by atoms with Crippen LogP contribution in [0.25, 0.3) is 0 Å². The van der Waals surface area contributed by atoms with E-state index in [1.165, 1.54) is 6.07 Å². The predicted octanol–water partition coefficient (Wildman–Crippen LogP) is 2.46. The number of benzene rings is 2. The van der Waals surface area contributed by atoms with E-state index >= 15 is 0 Å². The molecule has 2 amide bonds. The van der Waals surface area contributed by atoms with Crippen LogP contribution in [0.15, 0.2) is 48.5 Å². The Kier molecular flexibility index (Phi) is 5.38. The number of hydrogen-bond acceptors (Lipinski definition) is 2. The van der Waals surface area contributed by atoms with Crippen molar-refractivity contribution in [2.75, 3.05) is 11.9 Å². The predicted molar refractivity (Wildman–Crippen MR) is 84.6 cm³/mol. The number of nitrogens with one attached hydrogen (secondary N) is 2. The summed E-state index contributed by atoms with van der Waals surface area (Å²) in [5.74, 6) is 5.62. The summed E-state index contributed by atoms with van der Waals surface area (Å²) in [7, 11) is 0. The molecule has 4 N–H and O–H groups in total. The largest absolute Gasteiger partial charge is 0.374 e. The number of carbonyl (C=O) groups is 1. The average molecular weight is 297 g/mol. The summed E-state index contributed by atoms with van der Waals surface area (Å²) in [4.78, 5) is 10.7. The van der Waals surface area contributed by atoms with Gasteiger partial charge in [-0.25, -0.2) is 9.18 Å². The first kappa shape index (κ1) is 15.4. The Morgan fingerprint density at radius 2 is 1.95 bits per heavy atom. The molecule has 2 aromatic carbocycles. The van der Waals surface area contributed by atoms with Crippen molar-refractivity contribution in [3.63, 3.8) is 0 Å². The Hall–Kier alpha value is -3.00. The molecule has 0 spiro atoms. The van der Waals surface area contributed by atoms with Gasteiger partial charge in [-0.05, 0) is 30.3 Å². The molecule has 0 bridgehead atoms. The summed E-state index contributed by atoms with van der Waals surface area (Å²) >= 11 is 0. The summed E-state index contributed by atoms with van der Waals surface area (Å²) in [6.45, 7) is 0.482. The molecule has 0 atom stereocenters. The maximum absolute atomic E-state index is 13.6. The van der Waals surface area contributed by atoms with Gasteiger partial charge in [0.15, 0.2) is 0 Å². The molecule has 0 saturated carbocycles. The van der Waals surface area contributed by atoms with Crippen LogP contribution in [0.4, 0.5) is 14.9 Å². The Balaban J connectivity index is 1.94. The molecule has 0 aliphatic rings. The minimum atomic E-state index is -0.688. The third-order valence-electron chi connectivity index (χ3n) is 2.89. The molecule has 2 rings (SSSR count). The van der Waals surface area contributed by atoms with Crippen LogP contribution in [0, 0.1) is 17.7 Å². The van der Waals surface area contributed by atoms with Gasteiger partial charge in [0.05, 0.1) is 6.54 Å². The van der Waals surface area contributed by atoms with E-state index in [-0.39, 0.29) is 6.54 Å². The van der Waals surface area contributed by atoms with Crippen LogP contribution in [0.1, 0.15) is 11.1 Å². The zero-order valence-electron chi connectivity index (χ0n) is 11.9. The number of amides is 2. The van der Waals surface area contributed by atoms with Crippen LogP contribution in [0.2, 0.25) is 0 Å². The first-order valence-corrected chi connectivity index (χ1v) is 6.74. The molecule has 0 radical (unpaired) electrons. The molecule has 0 unspecified atom stereocenters. The molecule has 0 aromatic heterocycles. The maximum Gasteiger partial charge on any atom is 0.312 e. The topological polar surface area (TPSA) is 67.2 Å². The molecule has 0 heterocycles. The molecule has 0 fully saturated rings. The van der Waals surface area contributed by atoms with Crippen molar-refractivity contribution in [1.82, 2.24) is 5.32 Å². The van der Waals surface area contributed by atoms with Crippen molar-refractivity contribution < 1.29 is 9.18 Å². The van der Waals surface area contributed by atoms with Crippen LogP contribution in [-0.2, 0) is 6.54 Å².